The summed E-state index contributed by atoms with van der Waals surface area (Å²) in [6.07, 6.45) is 11.7. The SMILES string of the molecule is CCCC[C@H](NC(=O)[C@H](CC(C)C)NC(=O)[C@H](Cc1c[nH]c2ccccc12)NC(=O)[C@H](Cc1ccccc1)NC(=O)[C@@H](Cc1c[nH]c2ccccc12)NC(=O)[C@H](CC(N)=O)NC(=O)[C@H](Cc1ccc(Cl)c(Cl)c1)NC(=O)[C@@H]1CCCN1C(=O)[C@H](Cc1cccnc1)NC(=O)[C@@H]1CCCN1C(=O)[C@H](N)CCCCNC(=O)c1cccnc1)C(N)=O. The molecule has 6 heterocycles. The summed E-state index contributed by atoms with van der Waals surface area (Å²) >= 11 is 12.9. The van der Waals surface area contributed by atoms with E-state index >= 15 is 33.6 Å². The summed E-state index contributed by atoms with van der Waals surface area (Å²) < 4.78 is 0. The first kappa shape index (κ1) is 89.3. The summed E-state index contributed by atoms with van der Waals surface area (Å²) in [5.74, 6) is -10.2. The molecular formula is C86H104Cl2N18O13. The molecule has 0 saturated carbocycles. The lowest BCUT2D eigenvalue weighted by molar-refractivity contribution is -0.144. The van der Waals surface area contributed by atoms with E-state index in [1.165, 1.54) is 34.3 Å². The molecule has 0 bridgehead atoms. The number of nitrogens with zero attached hydrogens (tertiary/aromatic N) is 4. The Labute approximate surface area is 699 Å². The number of benzene rings is 4. The van der Waals surface area contributed by atoms with E-state index in [0.29, 0.717) is 89.4 Å². The smallest absolute Gasteiger partial charge is 0.252 e. The lowest BCUT2D eigenvalue weighted by Gasteiger charge is -2.32. The van der Waals surface area contributed by atoms with Crippen molar-refractivity contribution < 1.29 is 62.3 Å². The van der Waals surface area contributed by atoms with Crippen LogP contribution in [0.1, 0.15) is 136 Å². The Kier molecular flexibility index (Phi) is 32.5. The van der Waals surface area contributed by atoms with Crippen LogP contribution >= 0.6 is 23.2 Å². The number of primary amides is 2. The van der Waals surface area contributed by atoms with Gasteiger partial charge in [0, 0.05) is 111 Å². The Morgan fingerprint density at radius 3 is 1.52 bits per heavy atom. The molecular weight excluding hydrogens is 1560 g/mol. The van der Waals surface area contributed by atoms with Gasteiger partial charge in [-0.25, -0.2) is 0 Å². The van der Waals surface area contributed by atoms with Gasteiger partial charge < -0.3 is 84.8 Å². The van der Waals surface area contributed by atoms with E-state index in [0.717, 1.165) is 10.9 Å². The number of hydrogen-bond acceptors (Lipinski definition) is 16. The number of amides is 13. The van der Waals surface area contributed by atoms with Crippen LogP contribution in [0.25, 0.3) is 21.8 Å². The van der Waals surface area contributed by atoms with Crippen molar-refractivity contribution >= 4 is 122 Å². The highest BCUT2D eigenvalue weighted by atomic mass is 35.5. The normalized spacial score (nSPS) is 16.2. The van der Waals surface area contributed by atoms with Gasteiger partial charge in [-0.3, -0.25) is 72.3 Å². The number of fused-ring (bicyclic) bond motifs is 2. The van der Waals surface area contributed by atoms with Crippen molar-refractivity contribution in [2.45, 2.75) is 196 Å². The highest BCUT2D eigenvalue weighted by Crippen LogP contribution is 2.28. The highest BCUT2D eigenvalue weighted by molar-refractivity contribution is 6.42. The lowest BCUT2D eigenvalue weighted by Crippen LogP contribution is -2.61. The van der Waals surface area contributed by atoms with Crippen molar-refractivity contribution in [1.82, 2.24) is 77.6 Å². The van der Waals surface area contributed by atoms with Crippen LogP contribution in [-0.4, -0.2) is 193 Å². The molecule has 31 nitrogen and oxygen atoms in total. The topological polar surface area (TPSA) is 472 Å². The zero-order valence-electron chi connectivity index (χ0n) is 66.7. The Hall–Kier alpha value is -12.1. The van der Waals surface area contributed by atoms with Crippen molar-refractivity contribution in [3.05, 3.63) is 202 Å². The maximum Gasteiger partial charge on any atom is 0.252 e. The maximum atomic E-state index is 15.5. The van der Waals surface area contributed by atoms with E-state index in [4.69, 9.17) is 40.4 Å². The fourth-order valence-corrected chi connectivity index (χ4v) is 15.3. The van der Waals surface area contributed by atoms with Crippen LogP contribution in [0.2, 0.25) is 10.0 Å². The van der Waals surface area contributed by atoms with Crippen LogP contribution in [0.3, 0.4) is 0 Å². The molecule has 4 aromatic carbocycles. The summed E-state index contributed by atoms with van der Waals surface area (Å²) in [6.45, 7) is 6.21. The molecule has 2 aliphatic heterocycles. The fraction of sp³-hybridized carbons (Fsp3) is 0.407. The molecule has 119 heavy (non-hydrogen) atoms. The van der Waals surface area contributed by atoms with E-state index < -0.39 is 144 Å². The molecule has 0 unspecified atom stereocenters. The fourth-order valence-electron chi connectivity index (χ4n) is 15.0. The summed E-state index contributed by atoms with van der Waals surface area (Å²) in [5.41, 5.74) is 22.5. The number of aromatic amines is 2. The largest absolute Gasteiger partial charge is 0.370 e. The van der Waals surface area contributed by atoms with Gasteiger partial charge in [0.25, 0.3) is 5.91 Å². The Morgan fingerprint density at radius 2 is 0.975 bits per heavy atom. The van der Waals surface area contributed by atoms with Gasteiger partial charge in [0.2, 0.25) is 70.9 Å². The van der Waals surface area contributed by atoms with Gasteiger partial charge in [0.05, 0.1) is 28.1 Å². The molecule has 8 aromatic rings. The molecule has 13 amide bonds. The van der Waals surface area contributed by atoms with Gasteiger partial charge in [-0.15, -0.1) is 0 Å². The first-order chi connectivity index (χ1) is 57.2. The van der Waals surface area contributed by atoms with Gasteiger partial charge >= 0.3 is 0 Å². The van der Waals surface area contributed by atoms with Gasteiger partial charge in [-0.2, -0.15) is 0 Å². The number of unbranched alkanes of at least 4 members (excludes halogenated alkanes) is 2. The second-order valence-corrected chi connectivity index (χ2v) is 31.5. The van der Waals surface area contributed by atoms with Gasteiger partial charge in [0.1, 0.15) is 60.4 Å². The number of para-hydroxylation sites is 2. The van der Waals surface area contributed by atoms with E-state index in [2.05, 4.69) is 67.8 Å². The van der Waals surface area contributed by atoms with Gasteiger partial charge in [0.15, 0.2) is 0 Å². The molecule has 2 aliphatic rings. The number of likely N-dealkylation sites (tertiary alicyclic amines) is 2. The average molecular weight is 1670 g/mol. The molecule has 0 radical (unpaired) electrons. The van der Waals surface area contributed by atoms with E-state index in [9.17, 15) is 28.8 Å². The second kappa shape index (κ2) is 43.4. The Bertz CT molecular complexity index is 4900. The maximum absolute atomic E-state index is 15.5. The minimum atomic E-state index is -1.87. The number of carbonyl (C=O) groups excluding carboxylic acids is 13. The summed E-state index contributed by atoms with van der Waals surface area (Å²) in [7, 11) is 0. The van der Waals surface area contributed by atoms with Crippen molar-refractivity contribution in [3.63, 3.8) is 0 Å². The first-order valence-electron chi connectivity index (χ1n) is 40.2. The molecule has 11 atom stereocenters. The molecule has 630 valence electrons. The highest BCUT2D eigenvalue weighted by Gasteiger charge is 2.43. The predicted molar refractivity (Wildman–Crippen MR) is 448 cm³/mol. The monoisotopic (exact) mass is 1670 g/mol. The van der Waals surface area contributed by atoms with Crippen LogP contribution in [0, 0.1) is 5.92 Å². The number of rotatable bonds is 42. The number of carbonyl (C=O) groups is 13. The van der Waals surface area contributed by atoms with Crippen LogP contribution in [0.5, 0.6) is 0 Å². The summed E-state index contributed by atoms with van der Waals surface area (Å²) in [6, 6.07) is 19.4. The lowest BCUT2D eigenvalue weighted by atomic mass is 9.99. The minimum Gasteiger partial charge on any atom is -0.370 e. The number of nitrogens with two attached hydrogens (primary N) is 3. The first-order valence-corrected chi connectivity index (χ1v) is 41.0. The molecule has 17 N–H and O–H groups in total. The van der Waals surface area contributed by atoms with Crippen molar-refractivity contribution in [1.29, 1.82) is 0 Å². The average Bonchev–Trinajstić information content (AvgIpc) is 1.74. The number of pyridine rings is 2. The van der Waals surface area contributed by atoms with E-state index in [1.54, 1.807) is 110 Å². The number of nitrogens with one attached hydrogen (secondary N) is 11. The Morgan fingerprint density at radius 1 is 0.487 bits per heavy atom. The zero-order valence-corrected chi connectivity index (χ0v) is 68.2. The molecule has 4 aromatic heterocycles. The van der Waals surface area contributed by atoms with Gasteiger partial charge in [-0.1, -0.05) is 136 Å². The quantitative estimate of drug-likeness (QED) is 0.0232. The molecule has 33 heteroatoms. The molecule has 10 rings (SSSR count). The van der Waals surface area contributed by atoms with Crippen molar-refractivity contribution in [3.8, 4) is 0 Å². The van der Waals surface area contributed by atoms with Crippen molar-refractivity contribution in [2.24, 2.45) is 23.1 Å². The minimum absolute atomic E-state index is 0.0347. The number of hydrogen-bond donors (Lipinski definition) is 14. The van der Waals surface area contributed by atoms with Crippen LogP contribution in [-0.2, 0) is 89.6 Å². The Balaban J connectivity index is 0.886. The van der Waals surface area contributed by atoms with E-state index in [-0.39, 0.29) is 99.2 Å². The third-order valence-electron chi connectivity index (χ3n) is 21.2. The second-order valence-electron chi connectivity index (χ2n) is 30.6. The number of halogens is 2. The molecule has 0 aliphatic carbocycles. The third-order valence-corrected chi connectivity index (χ3v) is 22.0. The third kappa shape index (κ3) is 25.2. The predicted octanol–water partition coefficient (Wildman–Crippen LogP) is 4.64. The summed E-state index contributed by atoms with van der Waals surface area (Å²) in [4.78, 5) is 205. The van der Waals surface area contributed by atoms with Gasteiger partial charge in [-0.05, 0) is 134 Å². The zero-order chi connectivity index (χ0) is 85.2. The molecule has 0 spiro atoms. The van der Waals surface area contributed by atoms with Crippen LogP contribution in [0.15, 0.2) is 159 Å². The number of aromatic nitrogens is 4. The van der Waals surface area contributed by atoms with E-state index in [1.807, 2.05) is 45.0 Å². The van der Waals surface area contributed by atoms with Crippen LogP contribution in [0.4, 0.5) is 0 Å². The molecule has 2 saturated heterocycles. The summed E-state index contributed by atoms with van der Waals surface area (Å²) in [5, 5.41) is 26.8. The molecule has 2 fully saturated rings. The van der Waals surface area contributed by atoms with Crippen LogP contribution < -0.4 is 65.1 Å². The number of H-pyrrole nitrogens is 2. The standard InChI is InChI=1S/C86H104Cl2N18O13/c1-4-5-26-64(75(91)108)97-77(110)65(38-50(2)3)98-80(113)68(43-55-48-95-62-27-11-9-23-57(55)62)100-78(111)66(40-51-19-7-6-8-20-51)99-81(114)69(44-56-49-96-63-28-12-10-24-58(56)63)101-82(115)70(45-74(90)107)102-79(112)67(41-52-31-32-59(87)60(88)39-52)103-83(116)73-30-18-37-106(73)86(119)71(42-53-21-15-33-92-46-53)104-84(117)72-29-17-36-105(72)85(118)61(89)25-13-14-35-94-76(109)54-22-16-34-93-47-54/h6-12,15-16,19-24,27-28,31-34,39,46-50,61,64-73,95-96H,4-5,13-14,17-18,25-26,29-30,35-38,40-45,89H2,1-3H3,(H2,90,107)(H2,91,108)(H,94,109)(H,97,110)(H,98,113)(H,99,114)(H,100,111)(H,101,115)(H,102,112)(H,103,116)(H,104,117)/t61-,64+,65+,66+,67+,68+,69-,70+,71+,72+,73+/m1/s1. The van der Waals surface area contributed by atoms with Crippen molar-refractivity contribution in [2.75, 3.05) is 19.6 Å².